The highest BCUT2D eigenvalue weighted by Gasteiger charge is 2.22. The molecule has 0 aliphatic heterocycles. The van der Waals surface area contributed by atoms with Gasteiger partial charge in [-0.25, -0.2) is 4.79 Å². The first-order valence-corrected chi connectivity index (χ1v) is 13.0. The minimum absolute atomic E-state index is 0.186. The number of halogens is 1. The molecule has 0 spiro atoms. The number of carbonyl (C=O) groups excluding carboxylic acids is 2. The Hall–Kier alpha value is -3.42. The standard InChI is InChI=1S/C30H31BrO6/c1-4-18-34-19-20-35-25-12-10-24(11-13-25)29(32)36-26-14-6-22(7-15-26)23-8-16-27(17-9-23)37-30(33)28(31)21(3)5-2/h4,6-17,21,28H,1,5,18-20H2,2-3H3/t21-,28-/m0/s1. The van der Waals surface area contributed by atoms with E-state index in [1.165, 1.54) is 0 Å². The Morgan fingerprint density at radius 1 is 0.838 bits per heavy atom. The van der Waals surface area contributed by atoms with Crippen molar-refractivity contribution in [3.63, 3.8) is 0 Å². The van der Waals surface area contributed by atoms with Crippen LogP contribution in [0.1, 0.15) is 30.6 Å². The highest BCUT2D eigenvalue weighted by Crippen LogP contribution is 2.26. The highest BCUT2D eigenvalue weighted by atomic mass is 79.9. The second kappa shape index (κ2) is 14.4. The fraction of sp³-hybridized carbons (Fsp3) is 0.267. The molecule has 7 heteroatoms. The second-order valence-electron chi connectivity index (χ2n) is 8.38. The molecule has 0 aliphatic carbocycles. The Labute approximate surface area is 226 Å². The lowest BCUT2D eigenvalue weighted by molar-refractivity contribution is -0.134. The van der Waals surface area contributed by atoms with Crippen molar-refractivity contribution in [2.24, 2.45) is 5.92 Å². The summed E-state index contributed by atoms with van der Waals surface area (Å²) in [5.74, 6) is 1.00. The fourth-order valence-corrected chi connectivity index (χ4v) is 3.75. The minimum atomic E-state index is -0.456. The van der Waals surface area contributed by atoms with Crippen molar-refractivity contribution in [3.05, 3.63) is 91.0 Å². The van der Waals surface area contributed by atoms with Gasteiger partial charge < -0.3 is 18.9 Å². The van der Waals surface area contributed by atoms with E-state index in [9.17, 15) is 9.59 Å². The molecule has 0 bridgehead atoms. The SMILES string of the molecule is C=CCOCCOc1ccc(C(=O)Oc2ccc(-c3ccc(OC(=O)[C@@H](Br)[C@@H](C)CC)cc3)cc2)cc1. The van der Waals surface area contributed by atoms with Crippen LogP contribution in [-0.2, 0) is 9.53 Å². The van der Waals surface area contributed by atoms with Crippen LogP contribution in [0, 0.1) is 5.92 Å². The lowest BCUT2D eigenvalue weighted by Crippen LogP contribution is -2.26. The van der Waals surface area contributed by atoms with Crippen LogP contribution in [0.3, 0.4) is 0 Å². The minimum Gasteiger partial charge on any atom is -0.491 e. The van der Waals surface area contributed by atoms with Crippen LogP contribution in [0.5, 0.6) is 17.2 Å². The van der Waals surface area contributed by atoms with E-state index in [0.29, 0.717) is 42.6 Å². The molecule has 6 nitrogen and oxygen atoms in total. The van der Waals surface area contributed by atoms with Crippen LogP contribution in [-0.4, -0.2) is 36.6 Å². The van der Waals surface area contributed by atoms with E-state index in [0.717, 1.165) is 17.5 Å². The number of rotatable bonds is 13. The van der Waals surface area contributed by atoms with E-state index in [1.807, 2.05) is 38.1 Å². The molecule has 0 N–H and O–H groups in total. The van der Waals surface area contributed by atoms with E-state index in [2.05, 4.69) is 22.5 Å². The number of ether oxygens (including phenoxy) is 4. The molecular formula is C30H31BrO6. The Bertz CT molecular complexity index is 1160. The lowest BCUT2D eigenvalue weighted by Gasteiger charge is -2.15. The number of hydrogen-bond donors (Lipinski definition) is 0. The van der Waals surface area contributed by atoms with Gasteiger partial charge in [-0.05, 0) is 65.6 Å². The van der Waals surface area contributed by atoms with Gasteiger partial charge in [-0.3, -0.25) is 4.79 Å². The summed E-state index contributed by atoms with van der Waals surface area (Å²) >= 11 is 3.41. The zero-order valence-corrected chi connectivity index (χ0v) is 22.6. The number of alkyl halides is 1. The summed E-state index contributed by atoms with van der Waals surface area (Å²) in [4.78, 5) is 24.4. The van der Waals surface area contributed by atoms with Crippen molar-refractivity contribution >= 4 is 27.9 Å². The lowest BCUT2D eigenvalue weighted by atomic mass is 10.1. The van der Waals surface area contributed by atoms with Crippen molar-refractivity contribution < 1.29 is 28.5 Å². The first-order chi connectivity index (χ1) is 17.9. The molecule has 0 aromatic heterocycles. The maximum Gasteiger partial charge on any atom is 0.343 e. The molecule has 3 aromatic rings. The molecule has 0 radical (unpaired) electrons. The molecule has 3 rings (SSSR count). The van der Waals surface area contributed by atoms with Crippen LogP contribution in [0.4, 0.5) is 0 Å². The topological polar surface area (TPSA) is 71.1 Å². The van der Waals surface area contributed by atoms with Gasteiger partial charge in [0.25, 0.3) is 0 Å². The molecule has 3 aromatic carbocycles. The summed E-state index contributed by atoms with van der Waals surface area (Å²) in [7, 11) is 0. The van der Waals surface area contributed by atoms with Crippen LogP contribution in [0.25, 0.3) is 11.1 Å². The van der Waals surface area contributed by atoms with E-state index in [1.54, 1.807) is 54.6 Å². The zero-order valence-electron chi connectivity index (χ0n) is 21.0. The largest absolute Gasteiger partial charge is 0.491 e. The molecule has 0 unspecified atom stereocenters. The smallest absolute Gasteiger partial charge is 0.343 e. The van der Waals surface area contributed by atoms with Crippen molar-refractivity contribution in [3.8, 4) is 28.4 Å². The molecule has 0 fully saturated rings. The summed E-state index contributed by atoms with van der Waals surface area (Å²) in [6.45, 7) is 8.97. The molecule has 194 valence electrons. The van der Waals surface area contributed by atoms with Crippen molar-refractivity contribution in [1.82, 2.24) is 0 Å². The molecule has 0 saturated heterocycles. The molecule has 2 atom stereocenters. The average molecular weight is 567 g/mol. The number of benzene rings is 3. The summed E-state index contributed by atoms with van der Waals surface area (Å²) in [5, 5.41) is 0. The monoisotopic (exact) mass is 566 g/mol. The van der Waals surface area contributed by atoms with Crippen molar-refractivity contribution in [2.45, 2.75) is 25.1 Å². The van der Waals surface area contributed by atoms with Gasteiger partial charge in [-0.2, -0.15) is 0 Å². The van der Waals surface area contributed by atoms with Crippen LogP contribution < -0.4 is 14.2 Å². The third-order valence-electron chi connectivity index (χ3n) is 5.66. The summed E-state index contributed by atoms with van der Waals surface area (Å²) in [5.41, 5.74) is 2.30. The molecule has 0 amide bonds. The predicted molar refractivity (Wildman–Crippen MR) is 148 cm³/mol. The number of esters is 2. The van der Waals surface area contributed by atoms with E-state index < -0.39 is 5.97 Å². The average Bonchev–Trinajstić information content (AvgIpc) is 2.93. The van der Waals surface area contributed by atoms with E-state index in [-0.39, 0.29) is 16.7 Å². The quantitative estimate of drug-likeness (QED) is 0.0738. The normalized spacial score (nSPS) is 12.3. The maximum absolute atomic E-state index is 12.5. The Balaban J connectivity index is 1.52. The molecular weight excluding hydrogens is 536 g/mol. The van der Waals surface area contributed by atoms with Gasteiger partial charge in [0, 0.05) is 0 Å². The van der Waals surface area contributed by atoms with Gasteiger partial charge >= 0.3 is 11.9 Å². The second-order valence-corrected chi connectivity index (χ2v) is 9.37. The molecule has 37 heavy (non-hydrogen) atoms. The summed E-state index contributed by atoms with van der Waals surface area (Å²) < 4.78 is 21.8. The van der Waals surface area contributed by atoms with Gasteiger partial charge in [0.1, 0.15) is 28.7 Å². The third-order valence-corrected chi connectivity index (χ3v) is 6.94. The van der Waals surface area contributed by atoms with Crippen LogP contribution >= 0.6 is 15.9 Å². The van der Waals surface area contributed by atoms with E-state index >= 15 is 0 Å². The Morgan fingerprint density at radius 2 is 1.38 bits per heavy atom. The zero-order chi connectivity index (χ0) is 26.6. The van der Waals surface area contributed by atoms with Crippen molar-refractivity contribution in [2.75, 3.05) is 19.8 Å². The molecule has 0 saturated carbocycles. The van der Waals surface area contributed by atoms with Crippen molar-refractivity contribution in [1.29, 1.82) is 0 Å². The number of carbonyl (C=O) groups is 2. The van der Waals surface area contributed by atoms with Crippen LogP contribution in [0.2, 0.25) is 0 Å². The Morgan fingerprint density at radius 3 is 1.92 bits per heavy atom. The first kappa shape index (κ1) is 28.2. The van der Waals surface area contributed by atoms with E-state index in [4.69, 9.17) is 18.9 Å². The third kappa shape index (κ3) is 8.58. The highest BCUT2D eigenvalue weighted by molar-refractivity contribution is 9.10. The fourth-order valence-electron chi connectivity index (χ4n) is 3.28. The van der Waals surface area contributed by atoms with Crippen LogP contribution in [0.15, 0.2) is 85.5 Å². The van der Waals surface area contributed by atoms with Gasteiger partial charge in [-0.15, -0.1) is 6.58 Å². The number of hydrogen-bond acceptors (Lipinski definition) is 6. The van der Waals surface area contributed by atoms with Gasteiger partial charge in [0.2, 0.25) is 0 Å². The first-order valence-electron chi connectivity index (χ1n) is 12.1. The summed E-state index contributed by atoms with van der Waals surface area (Å²) in [6, 6.07) is 21.3. The van der Waals surface area contributed by atoms with Gasteiger partial charge in [0.15, 0.2) is 0 Å². The van der Waals surface area contributed by atoms with Gasteiger partial charge in [0.05, 0.1) is 18.8 Å². The maximum atomic E-state index is 12.5. The van der Waals surface area contributed by atoms with Gasteiger partial charge in [-0.1, -0.05) is 66.5 Å². The molecule has 0 aliphatic rings. The molecule has 0 heterocycles. The summed E-state index contributed by atoms with van der Waals surface area (Å²) in [6.07, 6.45) is 2.56. The predicted octanol–water partition coefficient (Wildman–Crippen LogP) is 6.87. The Kier molecular flexibility index (Phi) is 10.9.